The van der Waals surface area contributed by atoms with Gasteiger partial charge in [0.15, 0.2) is 4.73 Å². The Morgan fingerprint density at radius 3 is 2.85 bits per heavy atom. The van der Waals surface area contributed by atoms with E-state index in [-0.39, 0.29) is 0 Å². The van der Waals surface area contributed by atoms with E-state index in [0.717, 1.165) is 14.5 Å². The summed E-state index contributed by atoms with van der Waals surface area (Å²) in [5.41, 5.74) is 6.64. The molecule has 0 saturated heterocycles. The van der Waals surface area contributed by atoms with E-state index < -0.39 is 0 Å². The van der Waals surface area contributed by atoms with E-state index in [9.17, 15) is 0 Å². The Morgan fingerprint density at radius 1 is 1.31 bits per heavy atom. The predicted octanol–water partition coefficient (Wildman–Crippen LogP) is 2.58. The Hall–Kier alpha value is -0.430. The number of anilines is 1. The molecule has 66 valence electrons. The fraction of sp³-hybridized carbons (Fsp3) is 0. The standard InChI is InChI=1S/C8H5BrIN3/c9-8-12-5-3-1-2-4(10)6(5)7(11)13-8/h1-3H,(H2,11,12,13). The summed E-state index contributed by atoms with van der Waals surface area (Å²) in [6.07, 6.45) is 0. The maximum absolute atomic E-state index is 5.77. The number of aromatic nitrogens is 2. The molecule has 13 heavy (non-hydrogen) atoms. The van der Waals surface area contributed by atoms with Crippen molar-refractivity contribution in [2.75, 3.05) is 5.73 Å². The SMILES string of the molecule is Nc1nc(Br)nc2cccc(I)c12. The van der Waals surface area contributed by atoms with Crippen LogP contribution in [-0.2, 0) is 0 Å². The molecule has 0 aliphatic carbocycles. The number of hydrogen-bond donors (Lipinski definition) is 1. The molecule has 0 atom stereocenters. The van der Waals surface area contributed by atoms with Gasteiger partial charge in [-0.25, -0.2) is 9.97 Å². The highest BCUT2D eigenvalue weighted by molar-refractivity contribution is 14.1. The minimum absolute atomic E-state index is 0.516. The molecule has 2 aromatic rings. The summed E-state index contributed by atoms with van der Waals surface area (Å²) in [6.45, 7) is 0. The summed E-state index contributed by atoms with van der Waals surface area (Å²) in [6, 6.07) is 5.85. The van der Waals surface area contributed by atoms with Gasteiger partial charge in [-0.15, -0.1) is 0 Å². The lowest BCUT2D eigenvalue weighted by molar-refractivity contribution is 1.17. The number of nitrogens with zero attached hydrogens (tertiary/aromatic N) is 2. The van der Waals surface area contributed by atoms with Gasteiger partial charge in [0.2, 0.25) is 0 Å². The van der Waals surface area contributed by atoms with Crippen LogP contribution in [0.25, 0.3) is 10.9 Å². The largest absolute Gasteiger partial charge is 0.383 e. The van der Waals surface area contributed by atoms with Gasteiger partial charge in [-0.1, -0.05) is 6.07 Å². The molecule has 0 unspecified atom stereocenters. The van der Waals surface area contributed by atoms with E-state index in [4.69, 9.17) is 5.73 Å². The van der Waals surface area contributed by atoms with Crippen molar-refractivity contribution in [3.63, 3.8) is 0 Å². The number of halogens is 2. The van der Waals surface area contributed by atoms with Crippen molar-refractivity contribution >= 4 is 55.2 Å². The van der Waals surface area contributed by atoms with Crippen LogP contribution < -0.4 is 5.73 Å². The molecule has 0 aliphatic rings. The molecule has 1 aromatic heterocycles. The Bertz CT molecular complexity index is 472. The molecule has 2 rings (SSSR count). The number of fused-ring (bicyclic) bond motifs is 1. The van der Waals surface area contributed by atoms with E-state index >= 15 is 0 Å². The third kappa shape index (κ3) is 1.62. The average Bonchev–Trinajstić information content (AvgIpc) is 2.02. The zero-order valence-corrected chi connectivity index (χ0v) is 10.2. The van der Waals surface area contributed by atoms with Crippen LogP contribution in [-0.4, -0.2) is 9.97 Å². The molecule has 0 radical (unpaired) electrons. The summed E-state index contributed by atoms with van der Waals surface area (Å²) in [4.78, 5) is 8.26. The van der Waals surface area contributed by atoms with Gasteiger partial charge in [0.05, 0.1) is 10.9 Å². The minimum Gasteiger partial charge on any atom is -0.383 e. The van der Waals surface area contributed by atoms with Crippen LogP contribution in [0.4, 0.5) is 5.82 Å². The molecule has 1 heterocycles. The van der Waals surface area contributed by atoms with Gasteiger partial charge in [0.25, 0.3) is 0 Å². The van der Waals surface area contributed by atoms with Gasteiger partial charge < -0.3 is 5.73 Å². The zero-order chi connectivity index (χ0) is 9.42. The number of benzene rings is 1. The molecular weight excluding hydrogens is 345 g/mol. The van der Waals surface area contributed by atoms with E-state index in [1.807, 2.05) is 18.2 Å². The van der Waals surface area contributed by atoms with Crippen LogP contribution in [0, 0.1) is 3.57 Å². The highest BCUT2D eigenvalue weighted by atomic mass is 127. The van der Waals surface area contributed by atoms with Gasteiger partial charge in [-0.05, 0) is 50.7 Å². The highest BCUT2D eigenvalue weighted by Crippen LogP contribution is 2.24. The Labute approximate surface area is 97.0 Å². The summed E-state index contributed by atoms with van der Waals surface area (Å²) in [7, 11) is 0. The maximum Gasteiger partial charge on any atom is 0.199 e. The Morgan fingerprint density at radius 2 is 2.08 bits per heavy atom. The smallest absolute Gasteiger partial charge is 0.199 e. The maximum atomic E-state index is 5.77. The van der Waals surface area contributed by atoms with Crippen molar-refractivity contribution in [2.24, 2.45) is 0 Å². The third-order valence-electron chi connectivity index (χ3n) is 1.67. The Kier molecular flexibility index (Phi) is 2.37. The summed E-state index contributed by atoms with van der Waals surface area (Å²) in [5.74, 6) is 0.516. The number of hydrogen-bond acceptors (Lipinski definition) is 3. The normalized spacial score (nSPS) is 10.6. The van der Waals surface area contributed by atoms with Crippen molar-refractivity contribution < 1.29 is 0 Å². The lowest BCUT2D eigenvalue weighted by atomic mass is 10.2. The van der Waals surface area contributed by atoms with Crippen molar-refractivity contribution in [3.8, 4) is 0 Å². The fourth-order valence-corrected chi connectivity index (χ4v) is 2.28. The van der Waals surface area contributed by atoms with E-state index in [1.165, 1.54) is 0 Å². The summed E-state index contributed by atoms with van der Waals surface area (Å²) in [5, 5.41) is 0.923. The first kappa shape index (κ1) is 9.14. The molecule has 5 heteroatoms. The molecule has 3 nitrogen and oxygen atoms in total. The average molecular weight is 350 g/mol. The van der Waals surface area contributed by atoms with Crippen molar-refractivity contribution in [3.05, 3.63) is 26.5 Å². The lowest BCUT2D eigenvalue weighted by Crippen LogP contribution is -1.96. The predicted molar refractivity (Wildman–Crippen MR) is 64.4 cm³/mol. The van der Waals surface area contributed by atoms with Crippen molar-refractivity contribution in [2.45, 2.75) is 0 Å². The van der Waals surface area contributed by atoms with E-state index in [1.54, 1.807) is 0 Å². The second-order valence-electron chi connectivity index (χ2n) is 2.51. The van der Waals surface area contributed by atoms with Gasteiger partial charge in [-0.3, -0.25) is 0 Å². The van der Waals surface area contributed by atoms with Gasteiger partial charge >= 0.3 is 0 Å². The molecule has 0 saturated carbocycles. The number of nitrogen functional groups attached to an aromatic ring is 1. The van der Waals surface area contributed by atoms with Crippen LogP contribution in [0.3, 0.4) is 0 Å². The number of nitrogens with two attached hydrogens (primary N) is 1. The van der Waals surface area contributed by atoms with Crippen LogP contribution in [0.1, 0.15) is 0 Å². The van der Waals surface area contributed by atoms with Crippen LogP contribution >= 0.6 is 38.5 Å². The molecule has 0 amide bonds. The lowest BCUT2D eigenvalue weighted by Gasteiger charge is -2.02. The van der Waals surface area contributed by atoms with Gasteiger partial charge in [0, 0.05) is 3.57 Å². The minimum atomic E-state index is 0.516. The van der Waals surface area contributed by atoms with Crippen molar-refractivity contribution in [1.29, 1.82) is 0 Å². The van der Waals surface area contributed by atoms with Crippen LogP contribution in [0.15, 0.2) is 22.9 Å². The first-order valence-corrected chi connectivity index (χ1v) is 5.43. The van der Waals surface area contributed by atoms with E-state index in [0.29, 0.717) is 10.6 Å². The molecule has 1 aromatic carbocycles. The molecule has 2 N–H and O–H groups in total. The second kappa shape index (κ2) is 3.38. The third-order valence-corrected chi connectivity index (χ3v) is 2.93. The molecule has 0 aliphatic heterocycles. The van der Waals surface area contributed by atoms with Crippen LogP contribution in [0.5, 0.6) is 0 Å². The molecular formula is C8H5BrIN3. The van der Waals surface area contributed by atoms with Crippen molar-refractivity contribution in [1.82, 2.24) is 9.97 Å². The summed E-state index contributed by atoms with van der Waals surface area (Å²) >= 11 is 5.42. The topological polar surface area (TPSA) is 51.8 Å². The molecule has 0 bridgehead atoms. The number of rotatable bonds is 0. The van der Waals surface area contributed by atoms with Crippen LogP contribution in [0.2, 0.25) is 0 Å². The molecule has 0 fully saturated rings. The Balaban J connectivity index is 2.94. The van der Waals surface area contributed by atoms with E-state index in [2.05, 4.69) is 48.5 Å². The quantitative estimate of drug-likeness (QED) is 0.587. The first-order chi connectivity index (χ1) is 6.18. The second-order valence-corrected chi connectivity index (χ2v) is 4.38. The summed E-state index contributed by atoms with van der Waals surface area (Å²) < 4.78 is 1.60. The fourth-order valence-electron chi connectivity index (χ4n) is 1.14. The van der Waals surface area contributed by atoms with Gasteiger partial charge in [-0.2, -0.15) is 0 Å². The highest BCUT2D eigenvalue weighted by Gasteiger charge is 2.05. The first-order valence-electron chi connectivity index (χ1n) is 3.56. The zero-order valence-electron chi connectivity index (χ0n) is 6.46. The van der Waals surface area contributed by atoms with Gasteiger partial charge in [0.1, 0.15) is 5.82 Å². The molecule has 0 spiro atoms. The monoisotopic (exact) mass is 349 g/mol.